The molecule has 0 amide bonds. The SMILES string of the molecule is C=CCO[C@@]12Oc3ccc(OCc4cccc(C)n4)cc3[C@H]3[C@H](CCCCO)[C@@H](CCCCO)C=C(C(=NOCc4ccc([N+](=O)[O-])cc4)C[C@@H]1N(C)S(=O)(=O)c1cccc4cccnc14)[C@H]32. The molecule has 352 valence electrons. The smallest absolute Gasteiger partial charge is 0.269 e. The number of nitro benzene ring substituents is 1. The first kappa shape index (κ1) is 47.5. The number of rotatable bonds is 21. The van der Waals surface area contributed by atoms with Crippen molar-refractivity contribution in [1.82, 2.24) is 14.3 Å². The fraction of sp³-hybridized carbons (Fsp3) is 0.392. The van der Waals surface area contributed by atoms with Crippen molar-refractivity contribution in [1.29, 1.82) is 0 Å². The van der Waals surface area contributed by atoms with Crippen LogP contribution in [0.4, 0.5) is 5.69 Å². The zero-order chi connectivity index (χ0) is 47.1. The second kappa shape index (κ2) is 20.9. The lowest BCUT2D eigenvalue weighted by atomic mass is 9.55. The van der Waals surface area contributed by atoms with Crippen LogP contribution in [0.25, 0.3) is 10.9 Å². The molecule has 1 aliphatic heterocycles. The van der Waals surface area contributed by atoms with Crippen LogP contribution < -0.4 is 9.47 Å². The van der Waals surface area contributed by atoms with E-state index in [-0.39, 0.29) is 67.8 Å². The van der Waals surface area contributed by atoms with Gasteiger partial charge in [-0.1, -0.05) is 54.4 Å². The first-order valence-electron chi connectivity index (χ1n) is 22.8. The molecule has 3 aliphatic rings. The van der Waals surface area contributed by atoms with Gasteiger partial charge in [0.05, 0.1) is 40.4 Å². The molecule has 2 aromatic heterocycles. The Morgan fingerprint density at radius 1 is 0.985 bits per heavy atom. The van der Waals surface area contributed by atoms with Gasteiger partial charge in [0.15, 0.2) is 0 Å². The van der Waals surface area contributed by atoms with Gasteiger partial charge in [0, 0.05) is 67.6 Å². The number of likely N-dealkylation sites (N-methyl/N-ethyl adjacent to an activating group) is 1. The van der Waals surface area contributed by atoms with E-state index in [0.717, 1.165) is 41.8 Å². The number of benzene rings is 3. The number of aliphatic hydroxyl groups is 2. The fourth-order valence-electron chi connectivity index (χ4n) is 10.1. The molecule has 67 heavy (non-hydrogen) atoms. The van der Waals surface area contributed by atoms with E-state index in [1.807, 2.05) is 55.5 Å². The number of para-hydroxylation sites is 1. The van der Waals surface area contributed by atoms with Crippen LogP contribution >= 0.6 is 0 Å². The maximum Gasteiger partial charge on any atom is 0.269 e. The number of oxime groups is 1. The van der Waals surface area contributed by atoms with Crippen molar-refractivity contribution >= 4 is 32.3 Å². The van der Waals surface area contributed by atoms with Crippen molar-refractivity contribution in [3.8, 4) is 11.5 Å². The number of nitrogens with zero attached hydrogens (tertiary/aromatic N) is 5. The Morgan fingerprint density at radius 2 is 1.75 bits per heavy atom. The minimum atomic E-state index is -4.34. The van der Waals surface area contributed by atoms with Gasteiger partial charge in [-0.3, -0.25) is 20.1 Å². The fourth-order valence-corrected chi connectivity index (χ4v) is 11.7. The van der Waals surface area contributed by atoms with E-state index in [2.05, 4.69) is 22.6 Å². The molecule has 16 heteroatoms. The van der Waals surface area contributed by atoms with Crippen LogP contribution in [0.1, 0.15) is 73.4 Å². The zero-order valence-electron chi connectivity index (χ0n) is 37.8. The van der Waals surface area contributed by atoms with E-state index < -0.39 is 32.7 Å². The highest BCUT2D eigenvalue weighted by atomic mass is 32.2. The summed E-state index contributed by atoms with van der Waals surface area (Å²) < 4.78 is 52.6. The summed E-state index contributed by atoms with van der Waals surface area (Å²) in [5.41, 5.74) is 4.73. The van der Waals surface area contributed by atoms with Crippen LogP contribution in [0.2, 0.25) is 0 Å². The Morgan fingerprint density at radius 3 is 2.49 bits per heavy atom. The van der Waals surface area contributed by atoms with Gasteiger partial charge < -0.3 is 29.3 Å². The van der Waals surface area contributed by atoms with Crippen molar-refractivity contribution < 1.29 is 42.6 Å². The molecule has 1 saturated carbocycles. The number of unbranched alkanes of at least 4 members (excludes halogenated alkanes) is 2. The Bertz CT molecular complexity index is 2740. The lowest BCUT2D eigenvalue weighted by molar-refractivity contribution is -0.384. The predicted octanol–water partition coefficient (Wildman–Crippen LogP) is 8.58. The first-order valence-corrected chi connectivity index (χ1v) is 24.2. The summed E-state index contributed by atoms with van der Waals surface area (Å²) in [5.74, 6) is -1.64. The van der Waals surface area contributed by atoms with Gasteiger partial charge in [-0.15, -0.1) is 6.58 Å². The van der Waals surface area contributed by atoms with E-state index in [4.69, 9.17) is 24.2 Å². The summed E-state index contributed by atoms with van der Waals surface area (Å²) in [6, 6.07) is 25.1. The van der Waals surface area contributed by atoms with Gasteiger partial charge in [0.1, 0.15) is 29.6 Å². The number of nitro groups is 1. The van der Waals surface area contributed by atoms with Crippen LogP contribution in [-0.4, -0.2) is 82.2 Å². The predicted molar refractivity (Wildman–Crippen MR) is 253 cm³/mol. The molecule has 3 aromatic carbocycles. The summed E-state index contributed by atoms with van der Waals surface area (Å²) in [5, 5.41) is 36.8. The van der Waals surface area contributed by atoms with E-state index in [0.29, 0.717) is 52.9 Å². The summed E-state index contributed by atoms with van der Waals surface area (Å²) in [7, 11) is -2.81. The minimum Gasteiger partial charge on any atom is -0.487 e. The van der Waals surface area contributed by atoms with Crippen LogP contribution in [0.5, 0.6) is 11.5 Å². The number of non-ortho nitro benzene ring substituents is 1. The van der Waals surface area contributed by atoms with Crippen molar-refractivity contribution in [2.45, 2.75) is 87.7 Å². The summed E-state index contributed by atoms with van der Waals surface area (Å²) in [6.07, 6.45) is 9.56. The summed E-state index contributed by atoms with van der Waals surface area (Å²) >= 11 is 0. The lowest BCUT2D eigenvalue weighted by Gasteiger charge is -2.59. The topological polar surface area (TPSA) is 196 Å². The van der Waals surface area contributed by atoms with Crippen molar-refractivity contribution in [2.24, 2.45) is 22.9 Å². The highest BCUT2D eigenvalue weighted by molar-refractivity contribution is 7.89. The maximum atomic E-state index is 15.3. The molecule has 6 atom stereocenters. The van der Waals surface area contributed by atoms with Crippen LogP contribution in [0.3, 0.4) is 0 Å². The molecule has 0 bridgehead atoms. The van der Waals surface area contributed by atoms with E-state index in [1.165, 1.54) is 23.5 Å². The van der Waals surface area contributed by atoms with Crippen LogP contribution in [0, 0.1) is 34.8 Å². The number of hydrogen-bond acceptors (Lipinski definition) is 13. The van der Waals surface area contributed by atoms with Gasteiger partial charge in [-0.05, 0) is 110 Å². The Labute approximate surface area is 391 Å². The molecule has 15 nitrogen and oxygen atoms in total. The van der Waals surface area contributed by atoms with E-state index in [9.17, 15) is 20.3 Å². The first-order chi connectivity index (χ1) is 32.5. The van der Waals surface area contributed by atoms with Crippen LogP contribution in [-0.2, 0) is 32.8 Å². The van der Waals surface area contributed by atoms with Crippen LogP contribution in [0.15, 0.2) is 132 Å². The summed E-state index contributed by atoms with van der Waals surface area (Å²) in [4.78, 5) is 26.2. The maximum absolute atomic E-state index is 15.3. The van der Waals surface area contributed by atoms with Gasteiger partial charge in [-0.2, -0.15) is 4.31 Å². The number of pyridine rings is 2. The van der Waals surface area contributed by atoms with Gasteiger partial charge in [-0.25, -0.2) is 8.42 Å². The number of hydrogen-bond donors (Lipinski definition) is 2. The van der Waals surface area contributed by atoms with E-state index in [1.54, 1.807) is 42.6 Å². The summed E-state index contributed by atoms with van der Waals surface area (Å²) in [6.45, 7) is 6.25. The average molecular weight is 932 g/mol. The molecule has 0 radical (unpaired) electrons. The number of sulfonamides is 1. The molecule has 1 fully saturated rings. The lowest BCUT2D eigenvalue weighted by Crippen LogP contribution is -2.69. The number of allylic oxidation sites excluding steroid dienone is 1. The number of aliphatic hydroxyl groups excluding tert-OH is 2. The number of fused-ring (bicyclic) bond motifs is 3. The average Bonchev–Trinajstić information content (AvgIpc) is 3.33. The van der Waals surface area contributed by atoms with Gasteiger partial charge >= 0.3 is 0 Å². The molecular weight excluding hydrogens is 875 g/mol. The molecule has 2 N–H and O–H groups in total. The molecule has 2 aliphatic carbocycles. The molecular formula is C51H57N5O10S. The molecule has 8 rings (SSSR count). The van der Waals surface area contributed by atoms with Crippen molar-refractivity contribution in [3.63, 3.8) is 0 Å². The van der Waals surface area contributed by atoms with Gasteiger partial charge in [0.25, 0.3) is 5.69 Å². The zero-order valence-corrected chi connectivity index (χ0v) is 38.6. The number of ether oxygens (including phenoxy) is 3. The van der Waals surface area contributed by atoms with Crippen molar-refractivity contribution in [3.05, 3.63) is 154 Å². The molecule has 5 aromatic rings. The Kier molecular flexibility index (Phi) is 14.8. The standard InChI is InChI=1S/C51H57N5O10S/c1-4-28-64-51-47(55(3)67(61,62)46-18-10-14-36-15-11-25-52-50(36)46)31-44(54-65-32-35-19-21-39(22-20-35)56(59)60)42-29-37(13-5-7-26-57)41(17-6-8-27-58)48(49(42)51)43-30-40(23-24-45(43)66-51)63-33-38-16-9-12-34(2)53-38/h4,9-12,14-16,18-25,29-30,37,41,47-49,57-58H,1,5-8,13,17,26-28,31-33H2,2-3H3/t37-,41+,47-,48+,49+,51+/m0/s1. The molecule has 3 heterocycles. The third-order valence-corrected chi connectivity index (χ3v) is 15.1. The third-order valence-electron chi connectivity index (χ3n) is 13.2. The quantitative estimate of drug-likeness (QED) is 0.0308. The highest BCUT2D eigenvalue weighted by Gasteiger charge is 2.65. The minimum absolute atomic E-state index is 0.0128. The highest BCUT2D eigenvalue weighted by Crippen LogP contribution is 2.62. The van der Waals surface area contributed by atoms with Crippen molar-refractivity contribution in [2.75, 3.05) is 26.9 Å². The van der Waals surface area contributed by atoms with Gasteiger partial charge in [0.2, 0.25) is 15.8 Å². The second-order valence-electron chi connectivity index (χ2n) is 17.4. The molecule has 0 unspecified atom stereocenters. The van der Waals surface area contributed by atoms with E-state index >= 15 is 8.42 Å². The second-order valence-corrected chi connectivity index (χ2v) is 19.3. The number of aryl methyl sites for hydroxylation is 1. The Hall–Kier alpha value is -6.04. The largest absolute Gasteiger partial charge is 0.487 e. The third kappa shape index (κ3) is 9.86. The number of aromatic nitrogens is 2. The monoisotopic (exact) mass is 931 g/mol. The Balaban J connectivity index is 1.31. The molecule has 0 saturated heterocycles. The normalized spacial score (nSPS) is 22.7. The molecule has 0 spiro atoms.